The molecule has 1 fully saturated rings. The summed E-state index contributed by atoms with van der Waals surface area (Å²) in [6, 6.07) is 16.4. The molecule has 0 radical (unpaired) electrons. The number of aryl methyl sites for hydroxylation is 1. The van der Waals surface area contributed by atoms with Crippen LogP contribution in [0, 0.1) is 5.92 Å². The van der Waals surface area contributed by atoms with Crippen LogP contribution in [0.5, 0.6) is 5.75 Å². The molecule has 1 saturated heterocycles. The number of hydrogen-bond acceptors (Lipinski definition) is 3. The van der Waals surface area contributed by atoms with Crippen molar-refractivity contribution in [3.63, 3.8) is 0 Å². The molecule has 4 nitrogen and oxygen atoms in total. The maximum absolute atomic E-state index is 12.8. The summed E-state index contributed by atoms with van der Waals surface area (Å²) in [6.45, 7) is 3.65. The summed E-state index contributed by atoms with van der Waals surface area (Å²) < 4.78 is 5.65. The van der Waals surface area contributed by atoms with Gasteiger partial charge in [0, 0.05) is 37.9 Å². The number of rotatable bonds is 4. The van der Waals surface area contributed by atoms with Gasteiger partial charge in [0.1, 0.15) is 5.75 Å². The van der Waals surface area contributed by atoms with Crippen molar-refractivity contribution >= 4 is 11.6 Å². The molecule has 0 aromatic heterocycles. The summed E-state index contributed by atoms with van der Waals surface area (Å²) in [5.41, 5.74) is 3.21. The van der Waals surface area contributed by atoms with E-state index in [1.165, 1.54) is 5.69 Å². The number of carbonyl (C=O) groups is 1. The molecule has 0 spiro atoms. The lowest BCUT2D eigenvalue weighted by atomic mass is 10.0. The van der Waals surface area contributed by atoms with E-state index >= 15 is 0 Å². The van der Waals surface area contributed by atoms with E-state index in [1.54, 1.807) is 0 Å². The first kappa shape index (κ1) is 17.0. The number of benzene rings is 2. The topological polar surface area (TPSA) is 32.8 Å². The normalized spacial score (nSPS) is 19.0. The molecule has 0 saturated carbocycles. The molecule has 2 aliphatic heterocycles. The lowest BCUT2D eigenvalue weighted by molar-refractivity contribution is 0.0776. The van der Waals surface area contributed by atoms with Gasteiger partial charge in [-0.05, 0) is 61.1 Å². The van der Waals surface area contributed by atoms with Gasteiger partial charge in [-0.2, -0.15) is 0 Å². The van der Waals surface area contributed by atoms with Crippen molar-refractivity contribution in [2.45, 2.75) is 19.3 Å². The first-order chi connectivity index (χ1) is 12.7. The Morgan fingerprint density at radius 1 is 1.23 bits per heavy atom. The number of amides is 1. The number of nitrogens with zero attached hydrogens (tertiary/aromatic N) is 2. The van der Waals surface area contributed by atoms with Crippen molar-refractivity contribution in [3.05, 3.63) is 59.7 Å². The summed E-state index contributed by atoms with van der Waals surface area (Å²) in [6.07, 6.45) is 3.15. The molecule has 2 aromatic carbocycles. The zero-order chi connectivity index (χ0) is 17.9. The van der Waals surface area contributed by atoms with Gasteiger partial charge in [-0.1, -0.05) is 18.2 Å². The third-order valence-electron chi connectivity index (χ3n) is 5.44. The number of hydrogen-bond donors (Lipinski definition) is 0. The minimum atomic E-state index is 0.108. The number of anilines is 1. The fourth-order valence-corrected chi connectivity index (χ4v) is 4.04. The van der Waals surface area contributed by atoms with Crippen LogP contribution >= 0.6 is 0 Å². The summed E-state index contributed by atoms with van der Waals surface area (Å²) in [5.74, 6) is 1.56. The van der Waals surface area contributed by atoms with Crippen LogP contribution in [0.15, 0.2) is 48.5 Å². The van der Waals surface area contributed by atoms with Crippen molar-refractivity contribution in [2.75, 3.05) is 38.2 Å². The smallest absolute Gasteiger partial charge is 0.253 e. The second kappa shape index (κ2) is 7.40. The Kier molecular flexibility index (Phi) is 4.83. The number of carbonyl (C=O) groups excluding carboxylic acids is 1. The van der Waals surface area contributed by atoms with E-state index in [9.17, 15) is 4.79 Å². The molecule has 1 atom stereocenters. The quantitative estimate of drug-likeness (QED) is 0.844. The molecular formula is C22H26N2O2. The van der Waals surface area contributed by atoms with E-state index in [2.05, 4.69) is 29.2 Å². The Labute approximate surface area is 155 Å². The van der Waals surface area contributed by atoms with Crippen LogP contribution < -0.4 is 9.64 Å². The fourth-order valence-electron chi connectivity index (χ4n) is 4.04. The van der Waals surface area contributed by atoms with Crippen LogP contribution in [0.2, 0.25) is 0 Å². The number of ether oxygens (including phenoxy) is 1. The first-order valence-corrected chi connectivity index (χ1v) is 9.52. The molecule has 0 bridgehead atoms. The highest BCUT2D eigenvalue weighted by molar-refractivity contribution is 5.94. The van der Waals surface area contributed by atoms with Crippen LogP contribution in [0.4, 0.5) is 5.69 Å². The third-order valence-corrected chi connectivity index (χ3v) is 5.44. The van der Waals surface area contributed by atoms with Gasteiger partial charge in [-0.15, -0.1) is 0 Å². The average Bonchev–Trinajstić information content (AvgIpc) is 3.16. The van der Waals surface area contributed by atoms with Gasteiger partial charge in [0.05, 0.1) is 6.61 Å². The van der Waals surface area contributed by atoms with Gasteiger partial charge < -0.3 is 14.5 Å². The van der Waals surface area contributed by atoms with Crippen LogP contribution in [0.3, 0.4) is 0 Å². The lowest BCUT2D eigenvalue weighted by Crippen LogP contribution is -2.33. The predicted molar refractivity (Wildman–Crippen MR) is 104 cm³/mol. The molecule has 1 unspecified atom stereocenters. The number of fused-ring (bicyclic) bond motifs is 1. The van der Waals surface area contributed by atoms with E-state index in [1.807, 2.05) is 36.2 Å². The maximum Gasteiger partial charge on any atom is 0.253 e. The summed E-state index contributed by atoms with van der Waals surface area (Å²) in [4.78, 5) is 17.1. The monoisotopic (exact) mass is 350 g/mol. The highest BCUT2D eigenvalue weighted by Crippen LogP contribution is 2.27. The second-order valence-corrected chi connectivity index (χ2v) is 7.40. The highest BCUT2D eigenvalue weighted by Gasteiger charge is 2.25. The average molecular weight is 350 g/mol. The van der Waals surface area contributed by atoms with Gasteiger partial charge >= 0.3 is 0 Å². The summed E-state index contributed by atoms with van der Waals surface area (Å²) in [7, 11) is 1.92. The van der Waals surface area contributed by atoms with E-state index < -0.39 is 0 Å². The van der Waals surface area contributed by atoms with E-state index in [0.717, 1.165) is 62.4 Å². The Hall–Kier alpha value is -2.49. The lowest BCUT2D eigenvalue weighted by Gasteiger charge is -2.23. The van der Waals surface area contributed by atoms with Gasteiger partial charge in [0.15, 0.2) is 0 Å². The Bertz CT molecular complexity index is 775. The minimum absolute atomic E-state index is 0.108. The molecular weight excluding hydrogens is 324 g/mol. The fraction of sp³-hybridized carbons (Fsp3) is 0.409. The molecule has 1 amide bonds. The molecule has 26 heavy (non-hydrogen) atoms. The van der Waals surface area contributed by atoms with Gasteiger partial charge in [0.2, 0.25) is 0 Å². The van der Waals surface area contributed by atoms with Gasteiger partial charge in [-0.25, -0.2) is 0 Å². The molecule has 0 aliphatic carbocycles. The molecule has 136 valence electrons. The maximum atomic E-state index is 12.8. The van der Waals surface area contributed by atoms with Gasteiger partial charge in [0.25, 0.3) is 5.91 Å². The Morgan fingerprint density at radius 2 is 2.08 bits per heavy atom. The van der Waals surface area contributed by atoms with E-state index in [0.29, 0.717) is 5.92 Å². The first-order valence-electron chi connectivity index (χ1n) is 9.52. The molecule has 4 rings (SSSR count). The molecule has 4 heteroatoms. The highest BCUT2D eigenvalue weighted by atomic mass is 16.5. The largest absolute Gasteiger partial charge is 0.493 e. The molecule has 2 aliphatic rings. The molecule has 2 aromatic rings. The zero-order valence-corrected chi connectivity index (χ0v) is 15.4. The van der Waals surface area contributed by atoms with Crippen molar-refractivity contribution in [2.24, 2.45) is 5.92 Å². The zero-order valence-electron chi connectivity index (χ0n) is 15.4. The van der Waals surface area contributed by atoms with Crippen LogP contribution in [0.25, 0.3) is 0 Å². The van der Waals surface area contributed by atoms with Crippen LogP contribution in [-0.2, 0) is 6.42 Å². The summed E-state index contributed by atoms with van der Waals surface area (Å²) in [5, 5.41) is 0. The van der Waals surface area contributed by atoms with Crippen LogP contribution in [-0.4, -0.2) is 44.1 Å². The van der Waals surface area contributed by atoms with E-state index in [-0.39, 0.29) is 5.91 Å². The number of para-hydroxylation sites is 1. The van der Waals surface area contributed by atoms with E-state index in [4.69, 9.17) is 4.74 Å². The van der Waals surface area contributed by atoms with Crippen molar-refractivity contribution in [1.29, 1.82) is 0 Å². The van der Waals surface area contributed by atoms with Gasteiger partial charge in [-0.3, -0.25) is 4.79 Å². The minimum Gasteiger partial charge on any atom is -0.493 e. The van der Waals surface area contributed by atoms with Crippen LogP contribution in [0.1, 0.15) is 28.8 Å². The summed E-state index contributed by atoms with van der Waals surface area (Å²) >= 11 is 0. The molecule has 0 N–H and O–H groups in total. The second-order valence-electron chi connectivity index (χ2n) is 7.40. The SMILES string of the molecule is CN(CC1CCN(c2ccccc2)C1)C(=O)c1ccc2c(c1)CCCO2. The van der Waals surface area contributed by atoms with Crippen molar-refractivity contribution in [1.82, 2.24) is 4.90 Å². The van der Waals surface area contributed by atoms with Crippen molar-refractivity contribution < 1.29 is 9.53 Å². The Balaban J connectivity index is 1.37. The third kappa shape index (κ3) is 3.55. The molecule has 2 heterocycles. The predicted octanol–water partition coefficient (Wildman–Crippen LogP) is 3.61. The standard InChI is InChI=1S/C22H26N2O2/c1-23(15-17-11-12-24(16-17)20-7-3-2-4-8-20)22(25)19-9-10-21-18(14-19)6-5-13-26-21/h2-4,7-10,14,17H,5-6,11-13,15-16H2,1H3. The van der Waals surface area contributed by atoms with Crippen molar-refractivity contribution in [3.8, 4) is 5.75 Å². The Morgan fingerprint density at radius 3 is 2.92 bits per heavy atom.